The van der Waals surface area contributed by atoms with Gasteiger partial charge in [0.2, 0.25) is 10.0 Å². The zero-order chi connectivity index (χ0) is 17.9. The number of rotatable bonds is 6. The first-order chi connectivity index (χ1) is 11.2. The lowest BCUT2D eigenvalue weighted by Crippen LogP contribution is -2.43. The summed E-state index contributed by atoms with van der Waals surface area (Å²) in [6.07, 6.45) is 1.03. The number of nitrogens with zero attached hydrogens (tertiary/aromatic N) is 1. The van der Waals surface area contributed by atoms with Gasteiger partial charge in [-0.05, 0) is 25.1 Å². The molecule has 1 aromatic carbocycles. The maximum atomic E-state index is 12.3. The molecular weight excluding hydrogens is 336 g/mol. The molecule has 0 saturated carbocycles. The highest BCUT2D eigenvalue weighted by Gasteiger charge is 2.29. The highest BCUT2D eigenvalue weighted by Crippen LogP contribution is 2.29. The summed E-state index contributed by atoms with van der Waals surface area (Å²) in [7, 11) is -2.05. The van der Waals surface area contributed by atoms with E-state index in [-0.39, 0.29) is 11.6 Å². The Morgan fingerprint density at radius 1 is 1.42 bits per heavy atom. The molecule has 1 saturated heterocycles. The number of hydrogen-bond donors (Lipinski definition) is 3. The Morgan fingerprint density at radius 3 is 2.67 bits per heavy atom. The third-order valence-electron chi connectivity index (χ3n) is 3.37. The summed E-state index contributed by atoms with van der Waals surface area (Å²) in [4.78, 5) is 24.9. The number of amides is 3. The van der Waals surface area contributed by atoms with Crippen LogP contribution in [0.3, 0.4) is 0 Å². The number of anilines is 2. The van der Waals surface area contributed by atoms with Gasteiger partial charge >= 0.3 is 6.03 Å². The van der Waals surface area contributed by atoms with Crippen LogP contribution in [0.4, 0.5) is 16.2 Å². The lowest BCUT2D eigenvalue weighted by atomic mass is 10.2. The molecule has 1 aromatic rings. The topological polar surface area (TPSA) is 117 Å². The average Bonchev–Trinajstić information content (AvgIpc) is 2.91. The van der Waals surface area contributed by atoms with Gasteiger partial charge in [-0.15, -0.1) is 0 Å². The summed E-state index contributed by atoms with van der Waals surface area (Å²) in [5.74, 6) is -0.0117. The van der Waals surface area contributed by atoms with Gasteiger partial charge in [0, 0.05) is 18.8 Å². The van der Waals surface area contributed by atoms with Gasteiger partial charge in [0.05, 0.1) is 19.1 Å². The van der Waals surface area contributed by atoms with Crippen LogP contribution >= 0.6 is 0 Å². The van der Waals surface area contributed by atoms with Gasteiger partial charge in [-0.3, -0.25) is 14.4 Å². The van der Waals surface area contributed by atoms with Gasteiger partial charge in [0.1, 0.15) is 11.8 Å². The molecule has 132 valence electrons. The second-order valence-electron chi connectivity index (χ2n) is 5.38. The number of methoxy groups -OCH3 is 1. The van der Waals surface area contributed by atoms with Crippen molar-refractivity contribution in [2.75, 3.05) is 36.5 Å². The minimum absolute atomic E-state index is 0.253. The van der Waals surface area contributed by atoms with E-state index in [4.69, 9.17) is 4.74 Å². The summed E-state index contributed by atoms with van der Waals surface area (Å²) < 4.78 is 30.3. The maximum Gasteiger partial charge on any atom is 0.324 e. The third kappa shape index (κ3) is 4.28. The highest BCUT2D eigenvalue weighted by atomic mass is 32.2. The van der Waals surface area contributed by atoms with Crippen LogP contribution in [0.2, 0.25) is 0 Å². The first-order valence-corrected chi connectivity index (χ1v) is 9.12. The van der Waals surface area contributed by atoms with Crippen LogP contribution in [0, 0.1) is 0 Å². The minimum Gasteiger partial charge on any atom is -0.495 e. The minimum atomic E-state index is -3.48. The molecule has 0 unspecified atom stereocenters. The second-order valence-corrected chi connectivity index (χ2v) is 7.13. The summed E-state index contributed by atoms with van der Waals surface area (Å²) in [6, 6.07) is 3.68. The number of ether oxygens (including phenoxy) is 1. The van der Waals surface area contributed by atoms with E-state index in [0.29, 0.717) is 24.5 Å². The van der Waals surface area contributed by atoms with Crippen LogP contribution in [0.15, 0.2) is 18.2 Å². The Balaban J connectivity index is 2.15. The molecule has 24 heavy (non-hydrogen) atoms. The Hall–Kier alpha value is -2.49. The van der Waals surface area contributed by atoms with Crippen LogP contribution in [0.25, 0.3) is 0 Å². The molecule has 1 atom stereocenters. The summed E-state index contributed by atoms with van der Waals surface area (Å²) >= 11 is 0. The summed E-state index contributed by atoms with van der Waals surface area (Å²) in [6.45, 7) is 2.39. The van der Waals surface area contributed by atoms with Crippen molar-refractivity contribution in [3.8, 4) is 5.75 Å². The van der Waals surface area contributed by atoms with Gasteiger partial charge in [-0.25, -0.2) is 13.2 Å². The van der Waals surface area contributed by atoms with Crippen LogP contribution in [0.1, 0.15) is 6.92 Å². The lowest BCUT2D eigenvalue weighted by molar-refractivity contribution is -0.128. The molecule has 10 heteroatoms. The third-order valence-corrected chi connectivity index (χ3v) is 3.96. The fourth-order valence-electron chi connectivity index (χ4n) is 2.30. The van der Waals surface area contributed by atoms with E-state index in [1.807, 2.05) is 0 Å². The van der Waals surface area contributed by atoms with Gasteiger partial charge in [-0.1, -0.05) is 0 Å². The smallest absolute Gasteiger partial charge is 0.324 e. The van der Waals surface area contributed by atoms with Crippen molar-refractivity contribution in [1.82, 2.24) is 10.2 Å². The number of nitrogens with one attached hydrogen (secondary N) is 3. The number of carbonyl (C=O) groups is 2. The van der Waals surface area contributed by atoms with Crippen molar-refractivity contribution >= 4 is 33.3 Å². The molecule has 0 spiro atoms. The molecule has 0 bridgehead atoms. The molecule has 1 aliphatic rings. The lowest BCUT2D eigenvalue weighted by Gasteiger charge is -2.20. The van der Waals surface area contributed by atoms with Gasteiger partial charge < -0.3 is 15.4 Å². The van der Waals surface area contributed by atoms with E-state index in [2.05, 4.69) is 15.4 Å². The van der Waals surface area contributed by atoms with E-state index in [1.54, 1.807) is 19.1 Å². The number of carbonyl (C=O) groups excluding carboxylic acids is 2. The molecule has 1 fully saturated rings. The van der Waals surface area contributed by atoms with Gasteiger partial charge in [0.15, 0.2) is 0 Å². The van der Waals surface area contributed by atoms with E-state index in [1.165, 1.54) is 13.2 Å². The van der Waals surface area contributed by atoms with Crippen LogP contribution in [0.5, 0.6) is 5.75 Å². The van der Waals surface area contributed by atoms with Crippen molar-refractivity contribution in [3.63, 3.8) is 0 Å². The Morgan fingerprint density at radius 2 is 2.12 bits per heavy atom. The van der Waals surface area contributed by atoms with Crippen LogP contribution in [-0.4, -0.2) is 57.8 Å². The first-order valence-electron chi connectivity index (χ1n) is 7.23. The van der Waals surface area contributed by atoms with Crippen molar-refractivity contribution in [2.24, 2.45) is 0 Å². The molecule has 2 rings (SSSR count). The van der Waals surface area contributed by atoms with E-state index in [0.717, 1.165) is 11.2 Å². The molecule has 1 aliphatic heterocycles. The van der Waals surface area contributed by atoms with Gasteiger partial charge in [-0.2, -0.15) is 0 Å². The predicted octanol–water partition coefficient (Wildman–Crippen LogP) is 0.419. The quantitative estimate of drug-likeness (QED) is 0.680. The maximum absolute atomic E-state index is 12.3. The average molecular weight is 356 g/mol. The number of imide groups is 1. The second kappa shape index (κ2) is 6.95. The van der Waals surface area contributed by atoms with Crippen LogP contribution in [-0.2, 0) is 14.8 Å². The fraction of sp³-hybridized carbons (Fsp3) is 0.429. The number of sulfonamides is 1. The van der Waals surface area contributed by atoms with Crippen molar-refractivity contribution in [1.29, 1.82) is 0 Å². The zero-order valence-electron chi connectivity index (χ0n) is 13.6. The Bertz CT molecular complexity index is 750. The summed E-state index contributed by atoms with van der Waals surface area (Å²) in [5, 5.41) is 5.52. The number of urea groups is 1. The molecule has 0 aliphatic carbocycles. The van der Waals surface area contributed by atoms with E-state index in [9.17, 15) is 18.0 Å². The largest absolute Gasteiger partial charge is 0.495 e. The Labute approximate surface area is 140 Å². The van der Waals surface area contributed by atoms with Gasteiger partial charge in [0.25, 0.3) is 5.91 Å². The molecular formula is C14H20N4O5S. The predicted molar refractivity (Wildman–Crippen MR) is 89.7 cm³/mol. The summed E-state index contributed by atoms with van der Waals surface area (Å²) in [5.41, 5.74) is 0.769. The first kappa shape index (κ1) is 17.9. The molecule has 9 nitrogen and oxygen atoms in total. The number of hydrogen-bond acceptors (Lipinski definition) is 6. The molecule has 0 radical (unpaired) electrons. The zero-order valence-corrected chi connectivity index (χ0v) is 14.4. The normalized spacial score (nSPS) is 15.6. The fourth-order valence-corrected chi connectivity index (χ4v) is 2.86. The van der Waals surface area contributed by atoms with E-state index >= 15 is 0 Å². The highest BCUT2D eigenvalue weighted by molar-refractivity contribution is 7.92. The standard InChI is InChI=1S/C14H20N4O5S/c1-9(13(19)18-7-6-15-14(18)20)16-10-4-5-12(23-2)11(8-10)17-24(3,21)22/h4-5,8-9,16-17H,6-7H2,1-3H3,(H,15,20)/t9-/m0/s1. The molecule has 1 heterocycles. The van der Waals surface area contributed by atoms with Crippen molar-refractivity contribution in [2.45, 2.75) is 13.0 Å². The SMILES string of the molecule is COc1ccc(N[C@@H](C)C(=O)N2CCNC2=O)cc1NS(C)(=O)=O. The molecule has 0 aromatic heterocycles. The van der Waals surface area contributed by atoms with Crippen LogP contribution < -0.4 is 20.1 Å². The Kier molecular flexibility index (Phi) is 5.17. The molecule has 3 N–H and O–H groups in total. The molecule has 3 amide bonds. The number of benzene rings is 1. The monoisotopic (exact) mass is 356 g/mol. The van der Waals surface area contributed by atoms with Crippen molar-refractivity contribution in [3.05, 3.63) is 18.2 Å². The van der Waals surface area contributed by atoms with E-state index < -0.39 is 22.1 Å². The van der Waals surface area contributed by atoms with Crippen molar-refractivity contribution < 1.29 is 22.7 Å².